The Morgan fingerprint density at radius 3 is 2.48 bits per heavy atom. The molecule has 3 rings (SSSR count). The van der Waals surface area contributed by atoms with Crippen LogP contribution >= 0.6 is 0 Å². The van der Waals surface area contributed by atoms with E-state index in [1.807, 2.05) is 0 Å². The molecule has 0 bridgehead atoms. The molecule has 0 aliphatic carbocycles. The number of benzene rings is 1. The Morgan fingerprint density at radius 1 is 1.29 bits per heavy atom. The molecule has 0 saturated heterocycles. The molecule has 162 valence electrons. The Labute approximate surface area is 179 Å². The maximum absolute atomic E-state index is 13.8. The van der Waals surface area contributed by atoms with Gasteiger partial charge in [0.1, 0.15) is 24.0 Å². The first-order valence-corrected chi connectivity index (χ1v) is 8.94. The molecule has 31 heavy (non-hydrogen) atoms. The smallest absolute Gasteiger partial charge is 0.176 e. The largest absolute Gasteiger partial charge is 0.388 e. The first-order chi connectivity index (χ1) is 14.8. The number of pyridine rings is 1. The normalized spacial score (nSPS) is 11.0. The third-order valence-electron chi connectivity index (χ3n) is 3.71. The van der Waals surface area contributed by atoms with Gasteiger partial charge in [0.2, 0.25) is 0 Å². The van der Waals surface area contributed by atoms with E-state index in [1.54, 1.807) is 49.9 Å². The molecule has 2 aromatic heterocycles. The van der Waals surface area contributed by atoms with E-state index in [9.17, 15) is 18.7 Å². The fourth-order valence-corrected chi connectivity index (χ4v) is 2.32. The Morgan fingerprint density at radius 2 is 1.97 bits per heavy atom. The standard InChI is InChI=1S/C17H11F2N3O.C4H6O.C2H6O/c1-3-10(2)17-21-20-15-7-4-11(9-22(15)17)16(23)13-6-5-12(18)8-14(13)19;1-2-3-4-5;1-3-2/h1,4-9,16,23H,2H2;2-4H,1H3;1-2H3/b;3-2+;. The van der Waals surface area contributed by atoms with Crippen molar-refractivity contribution < 1.29 is 23.4 Å². The highest BCUT2D eigenvalue weighted by Gasteiger charge is 2.17. The number of halogens is 2. The minimum atomic E-state index is -1.27. The number of carbonyl (C=O) groups excluding carboxylic acids is 1. The summed E-state index contributed by atoms with van der Waals surface area (Å²) in [5.41, 5.74) is 1.19. The van der Waals surface area contributed by atoms with Gasteiger partial charge in [0.05, 0.1) is 5.57 Å². The van der Waals surface area contributed by atoms with E-state index < -0.39 is 17.7 Å². The second-order valence-corrected chi connectivity index (χ2v) is 5.98. The number of rotatable bonds is 4. The molecule has 8 heteroatoms. The fourth-order valence-electron chi connectivity index (χ4n) is 2.32. The number of methoxy groups -OCH3 is 1. The molecular formula is C23H23F2N3O3. The number of terminal acetylenes is 1. The zero-order chi connectivity index (χ0) is 23.4. The molecule has 0 radical (unpaired) electrons. The molecule has 0 aliphatic rings. The number of nitrogens with zero attached hydrogens (tertiary/aromatic N) is 3. The van der Waals surface area contributed by atoms with Gasteiger partial charge >= 0.3 is 0 Å². The third kappa shape index (κ3) is 6.96. The van der Waals surface area contributed by atoms with Gasteiger partial charge in [-0.05, 0) is 25.1 Å². The molecule has 1 N–H and O–H groups in total. The summed E-state index contributed by atoms with van der Waals surface area (Å²) in [7, 11) is 3.25. The summed E-state index contributed by atoms with van der Waals surface area (Å²) < 4.78 is 32.6. The number of aliphatic hydroxyl groups is 1. The van der Waals surface area contributed by atoms with Gasteiger partial charge in [-0.25, -0.2) is 8.78 Å². The minimum Gasteiger partial charge on any atom is -0.388 e. The van der Waals surface area contributed by atoms with Gasteiger partial charge in [0.25, 0.3) is 0 Å². The van der Waals surface area contributed by atoms with Crippen LogP contribution in [0.5, 0.6) is 0 Å². The van der Waals surface area contributed by atoms with E-state index >= 15 is 0 Å². The van der Waals surface area contributed by atoms with Crippen molar-refractivity contribution in [3.05, 3.63) is 83.8 Å². The van der Waals surface area contributed by atoms with Crippen LogP contribution in [0.4, 0.5) is 8.78 Å². The first-order valence-electron chi connectivity index (χ1n) is 8.94. The van der Waals surface area contributed by atoms with E-state index in [1.165, 1.54) is 12.1 Å². The fraction of sp³-hybridized carbons (Fsp3) is 0.174. The Bertz CT molecular complexity index is 1100. The minimum absolute atomic E-state index is 0.0313. The van der Waals surface area contributed by atoms with E-state index in [2.05, 4.69) is 27.4 Å². The predicted molar refractivity (Wildman–Crippen MR) is 115 cm³/mol. The molecule has 0 saturated carbocycles. The molecule has 0 amide bonds. The van der Waals surface area contributed by atoms with Crippen molar-refractivity contribution in [3.8, 4) is 12.3 Å². The summed E-state index contributed by atoms with van der Waals surface area (Å²) in [6.07, 6.45) is 9.47. The lowest BCUT2D eigenvalue weighted by molar-refractivity contribution is -0.104. The summed E-state index contributed by atoms with van der Waals surface area (Å²) in [6, 6.07) is 6.21. The van der Waals surface area contributed by atoms with Crippen LogP contribution in [0.1, 0.15) is 30.0 Å². The van der Waals surface area contributed by atoms with Crippen molar-refractivity contribution in [3.63, 3.8) is 0 Å². The quantitative estimate of drug-likeness (QED) is 0.390. The van der Waals surface area contributed by atoms with E-state index in [4.69, 9.17) is 6.42 Å². The van der Waals surface area contributed by atoms with Crippen LogP contribution in [0.25, 0.3) is 11.2 Å². The summed E-state index contributed by atoms with van der Waals surface area (Å²) in [4.78, 5) is 9.32. The zero-order valence-electron chi connectivity index (χ0n) is 17.4. The maximum atomic E-state index is 13.8. The third-order valence-corrected chi connectivity index (χ3v) is 3.71. The number of ether oxygens (including phenoxy) is 1. The highest BCUT2D eigenvalue weighted by molar-refractivity contribution is 5.73. The highest BCUT2D eigenvalue weighted by atomic mass is 19.1. The van der Waals surface area contributed by atoms with Crippen molar-refractivity contribution in [2.75, 3.05) is 14.2 Å². The monoisotopic (exact) mass is 427 g/mol. The van der Waals surface area contributed by atoms with Crippen LogP contribution in [0.15, 0.2) is 55.3 Å². The Hall–Kier alpha value is -3.67. The molecule has 1 unspecified atom stereocenters. The number of carbonyl (C=O) groups is 1. The van der Waals surface area contributed by atoms with Crippen LogP contribution in [0, 0.1) is 24.0 Å². The van der Waals surface area contributed by atoms with Crippen LogP contribution < -0.4 is 0 Å². The van der Waals surface area contributed by atoms with Crippen molar-refractivity contribution in [1.29, 1.82) is 0 Å². The van der Waals surface area contributed by atoms with Crippen molar-refractivity contribution in [1.82, 2.24) is 14.6 Å². The second-order valence-electron chi connectivity index (χ2n) is 5.98. The molecule has 0 spiro atoms. The predicted octanol–water partition coefficient (Wildman–Crippen LogP) is 3.76. The lowest BCUT2D eigenvalue weighted by Crippen LogP contribution is -2.05. The molecule has 3 aromatic rings. The summed E-state index contributed by atoms with van der Waals surface area (Å²) >= 11 is 0. The molecule has 2 heterocycles. The SMILES string of the molecule is C#CC(=C)c1nnc2ccc(C(O)c3ccc(F)cc3F)cn12.C/C=C/C=O.COC. The van der Waals surface area contributed by atoms with Crippen LogP contribution in [-0.2, 0) is 9.53 Å². The summed E-state index contributed by atoms with van der Waals surface area (Å²) in [6.45, 7) is 5.50. The maximum Gasteiger partial charge on any atom is 0.176 e. The van der Waals surface area contributed by atoms with Gasteiger partial charge in [-0.15, -0.1) is 16.6 Å². The van der Waals surface area contributed by atoms with E-state index in [0.717, 1.165) is 18.4 Å². The molecule has 0 aliphatic heterocycles. The number of hydrogen-bond acceptors (Lipinski definition) is 5. The number of fused-ring (bicyclic) bond motifs is 1. The molecule has 1 aromatic carbocycles. The van der Waals surface area contributed by atoms with Crippen LogP contribution in [0.3, 0.4) is 0 Å². The summed E-state index contributed by atoms with van der Waals surface area (Å²) in [5.74, 6) is 1.20. The van der Waals surface area contributed by atoms with Crippen molar-refractivity contribution in [2.24, 2.45) is 0 Å². The summed E-state index contributed by atoms with van der Waals surface area (Å²) in [5, 5.41) is 18.2. The number of aliphatic hydroxyl groups excluding tert-OH is 1. The lowest BCUT2D eigenvalue weighted by atomic mass is 10.0. The van der Waals surface area contributed by atoms with E-state index in [-0.39, 0.29) is 5.56 Å². The van der Waals surface area contributed by atoms with Gasteiger partial charge in [0, 0.05) is 37.6 Å². The molecular weight excluding hydrogens is 404 g/mol. The average Bonchev–Trinajstić information content (AvgIpc) is 3.17. The van der Waals surface area contributed by atoms with Crippen molar-refractivity contribution >= 4 is 17.5 Å². The van der Waals surface area contributed by atoms with Crippen LogP contribution in [-0.4, -0.2) is 40.2 Å². The first kappa shape index (κ1) is 25.4. The topological polar surface area (TPSA) is 76.7 Å². The zero-order valence-corrected chi connectivity index (χ0v) is 17.4. The Balaban J connectivity index is 0.000000519. The number of aromatic nitrogens is 3. The molecule has 6 nitrogen and oxygen atoms in total. The van der Waals surface area contributed by atoms with Gasteiger partial charge in [-0.2, -0.15) is 0 Å². The second kappa shape index (κ2) is 12.8. The van der Waals surface area contributed by atoms with Gasteiger partial charge in [-0.3, -0.25) is 9.20 Å². The van der Waals surface area contributed by atoms with Gasteiger partial charge in [0.15, 0.2) is 11.5 Å². The molecule has 0 fully saturated rings. The average molecular weight is 427 g/mol. The highest BCUT2D eigenvalue weighted by Crippen LogP contribution is 2.25. The number of allylic oxidation sites excluding steroid dienone is 3. The van der Waals surface area contributed by atoms with Gasteiger partial charge < -0.3 is 9.84 Å². The Kier molecular flexibility index (Phi) is 10.5. The lowest BCUT2D eigenvalue weighted by Gasteiger charge is -2.13. The van der Waals surface area contributed by atoms with E-state index in [0.29, 0.717) is 22.6 Å². The van der Waals surface area contributed by atoms with Crippen molar-refractivity contribution in [2.45, 2.75) is 13.0 Å². The van der Waals surface area contributed by atoms with Crippen LogP contribution in [0.2, 0.25) is 0 Å². The number of hydrogen-bond donors (Lipinski definition) is 1. The molecule has 1 atom stereocenters. The van der Waals surface area contributed by atoms with Gasteiger partial charge in [-0.1, -0.05) is 30.7 Å². The number of aldehydes is 1.